The van der Waals surface area contributed by atoms with Crippen molar-refractivity contribution in [2.24, 2.45) is 10.8 Å². The summed E-state index contributed by atoms with van der Waals surface area (Å²) in [5.74, 6) is 0. The summed E-state index contributed by atoms with van der Waals surface area (Å²) in [6, 6.07) is 0. The van der Waals surface area contributed by atoms with Crippen molar-refractivity contribution in [3.05, 3.63) is 0 Å². The zero-order valence-corrected chi connectivity index (χ0v) is 19.5. The van der Waals surface area contributed by atoms with E-state index in [-0.39, 0.29) is 29.1 Å². The first-order chi connectivity index (χ1) is 11.2. The van der Waals surface area contributed by atoms with Gasteiger partial charge in [0.25, 0.3) is 0 Å². The monoisotopic (exact) mass is 374 g/mol. The van der Waals surface area contributed by atoms with E-state index in [2.05, 4.69) is 69.2 Å². The molecule has 0 aromatic carbocycles. The molecule has 1 unspecified atom stereocenters. The van der Waals surface area contributed by atoms with Crippen LogP contribution in [0.25, 0.3) is 0 Å². The van der Waals surface area contributed by atoms with Crippen LogP contribution in [0.4, 0.5) is 0 Å². The van der Waals surface area contributed by atoms with Crippen molar-refractivity contribution in [3.8, 4) is 0 Å². The molecule has 2 N–H and O–H groups in total. The second kappa shape index (κ2) is 8.46. The molecule has 26 heavy (non-hydrogen) atoms. The molecule has 158 valence electrons. The molecule has 0 rings (SSSR count). The van der Waals surface area contributed by atoms with Gasteiger partial charge in [-0.1, -0.05) is 27.7 Å². The minimum absolute atomic E-state index is 0.0669. The van der Waals surface area contributed by atoms with Gasteiger partial charge in [-0.25, -0.2) is 0 Å². The largest absolute Gasteiger partial charge is 0.388 e. The van der Waals surface area contributed by atoms with Gasteiger partial charge in [-0.2, -0.15) is 0 Å². The Kier molecular flexibility index (Phi) is 8.41. The van der Waals surface area contributed by atoms with Gasteiger partial charge in [0.1, 0.15) is 6.10 Å². The summed E-state index contributed by atoms with van der Waals surface area (Å²) in [5, 5.41) is 20.0. The Morgan fingerprint density at radius 2 is 1.27 bits per heavy atom. The first-order valence-corrected chi connectivity index (χ1v) is 9.93. The minimum atomic E-state index is -1.17. The molecule has 0 aromatic rings. The molecule has 0 heterocycles. The highest BCUT2D eigenvalue weighted by molar-refractivity contribution is 4.94. The lowest BCUT2D eigenvalue weighted by atomic mass is 9.64. The van der Waals surface area contributed by atoms with Crippen molar-refractivity contribution in [1.29, 1.82) is 0 Å². The number of aliphatic hydroxyl groups excluding tert-OH is 1. The van der Waals surface area contributed by atoms with E-state index in [0.717, 1.165) is 12.8 Å². The van der Waals surface area contributed by atoms with E-state index in [1.807, 2.05) is 0 Å². The molecule has 0 aromatic heterocycles. The SMILES string of the molecule is CC(C)OC(C)(C)CC(C)(C)CC(C)(C)C(C)(C)OCC(O)C(C)(C)O. The Labute approximate surface area is 162 Å². The third-order valence-electron chi connectivity index (χ3n) is 5.43. The lowest BCUT2D eigenvalue weighted by Crippen LogP contribution is -2.48. The van der Waals surface area contributed by atoms with E-state index < -0.39 is 17.3 Å². The smallest absolute Gasteiger partial charge is 0.105 e. The van der Waals surface area contributed by atoms with Crippen molar-refractivity contribution >= 4 is 0 Å². The van der Waals surface area contributed by atoms with Crippen LogP contribution in [0.2, 0.25) is 0 Å². The minimum Gasteiger partial charge on any atom is -0.388 e. The molecule has 0 amide bonds. The molecule has 0 bridgehead atoms. The van der Waals surface area contributed by atoms with Crippen LogP contribution >= 0.6 is 0 Å². The third-order valence-corrected chi connectivity index (χ3v) is 5.43. The summed E-state index contributed by atoms with van der Waals surface area (Å²) in [7, 11) is 0. The molecule has 4 nitrogen and oxygen atoms in total. The van der Waals surface area contributed by atoms with Crippen LogP contribution in [0.5, 0.6) is 0 Å². The molecule has 0 aliphatic carbocycles. The maximum absolute atomic E-state index is 10.1. The summed E-state index contributed by atoms with van der Waals surface area (Å²) in [6.45, 7) is 24.9. The highest BCUT2D eigenvalue weighted by atomic mass is 16.5. The highest BCUT2D eigenvalue weighted by Gasteiger charge is 2.44. The van der Waals surface area contributed by atoms with E-state index in [4.69, 9.17) is 9.47 Å². The van der Waals surface area contributed by atoms with E-state index >= 15 is 0 Å². The lowest BCUT2D eigenvalue weighted by Gasteiger charge is -2.48. The van der Waals surface area contributed by atoms with Crippen molar-refractivity contribution in [2.75, 3.05) is 6.61 Å². The predicted molar refractivity (Wildman–Crippen MR) is 109 cm³/mol. The first kappa shape index (κ1) is 25.8. The molecule has 0 aliphatic heterocycles. The van der Waals surface area contributed by atoms with Crippen molar-refractivity contribution < 1.29 is 19.7 Å². The van der Waals surface area contributed by atoms with E-state index in [1.54, 1.807) is 13.8 Å². The summed E-state index contributed by atoms with van der Waals surface area (Å²) < 4.78 is 12.2. The average Bonchev–Trinajstić information content (AvgIpc) is 2.29. The van der Waals surface area contributed by atoms with E-state index in [9.17, 15) is 10.2 Å². The topological polar surface area (TPSA) is 58.9 Å². The maximum atomic E-state index is 10.1. The predicted octanol–water partition coefficient (Wildman–Crippen LogP) is 4.95. The molecule has 0 saturated carbocycles. The molecular weight excluding hydrogens is 328 g/mol. The Balaban J connectivity index is 5.06. The molecule has 1 atom stereocenters. The van der Waals surface area contributed by atoms with Crippen molar-refractivity contribution in [2.45, 2.75) is 125 Å². The van der Waals surface area contributed by atoms with Crippen LogP contribution in [-0.4, -0.2) is 45.8 Å². The van der Waals surface area contributed by atoms with Gasteiger partial charge in [0.05, 0.1) is 29.5 Å². The van der Waals surface area contributed by atoms with Crippen LogP contribution in [0.15, 0.2) is 0 Å². The average molecular weight is 375 g/mol. The fourth-order valence-corrected chi connectivity index (χ4v) is 3.99. The molecule has 0 fully saturated rings. The second-order valence-corrected chi connectivity index (χ2v) is 11.3. The van der Waals surface area contributed by atoms with Crippen molar-refractivity contribution in [3.63, 3.8) is 0 Å². The molecular formula is C22H46O4. The Hall–Kier alpha value is -0.160. The number of hydrogen-bond donors (Lipinski definition) is 2. The van der Waals surface area contributed by atoms with Crippen LogP contribution < -0.4 is 0 Å². The standard InChI is InChI=1S/C22H46O4/c1-16(2)26-20(7,8)15-18(3,4)14-19(5,6)22(11,12)25-13-17(23)21(9,10)24/h16-17,23-24H,13-15H2,1-12H3. The van der Waals surface area contributed by atoms with Gasteiger partial charge in [-0.3, -0.25) is 0 Å². The van der Waals surface area contributed by atoms with E-state index in [1.165, 1.54) is 0 Å². The van der Waals surface area contributed by atoms with Crippen molar-refractivity contribution in [1.82, 2.24) is 0 Å². The molecule has 0 spiro atoms. The molecule has 4 heteroatoms. The van der Waals surface area contributed by atoms with Crippen LogP contribution in [0.3, 0.4) is 0 Å². The zero-order chi connectivity index (χ0) is 21.2. The van der Waals surface area contributed by atoms with Gasteiger partial charge < -0.3 is 19.7 Å². The Morgan fingerprint density at radius 1 is 0.808 bits per heavy atom. The van der Waals surface area contributed by atoms with Crippen LogP contribution in [-0.2, 0) is 9.47 Å². The van der Waals surface area contributed by atoms with Gasteiger partial charge in [-0.05, 0) is 79.1 Å². The fraction of sp³-hybridized carbons (Fsp3) is 1.00. The first-order valence-electron chi connectivity index (χ1n) is 9.93. The second-order valence-electron chi connectivity index (χ2n) is 11.3. The maximum Gasteiger partial charge on any atom is 0.105 e. The quantitative estimate of drug-likeness (QED) is 0.537. The van der Waals surface area contributed by atoms with Gasteiger partial charge in [0, 0.05) is 0 Å². The fourth-order valence-electron chi connectivity index (χ4n) is 3.99. The third kappa shape index (κ3) is 8.69. The van der Waals surface area contributed by atoms with Gasteiger partial charge >= 0.3 is 0 Å². The number of ether oxygens (including phenoxy) is 2. The zero-order valence-electron chi connectivity index (χ0n) is 19.5. The molecule has 0 saturated heterocycles. The van der Waals surface area contributed by atoms with E-state index in [0.29, 0.717) is 0 Å². The Bertz CT molecular complexity index is 428. The number of hydrogen-bond acceptors (Lipinski definition) is 4. The van der Waals surface area contributed by atoms with Crippen LogP contribution in [0.1, 0.15) is 95.9 Å². The summed E-state index contributed by atoms with van der Waals surface area (Å²) in [4.78, 5) is 0. The summed E-state index contributed by atoms with van der Waals surface area (Å²) in [5.41, 5.74) is -1.85. The highest BCUT2D eigenvalue weighted by Crippen LogP contribution is 2.46. The molecule has 0 radical (unpaired) electrons. The number of rotatable bonds is 11. The van der Waals surface area contributed by atoms with Gasteiger partial charge in [0.15, 0.2) is 0 Å². The summed E-state index contributed by atoms with van der Waals surface area (Å²) >= 11 is 0. The van der Waals surface area contributed by atoms with Gasteiger partial charge in [-0.15, -0.1) is 0 Å². The molecule has 0 aliphatic rings. The van der Waals surface area contributed by atoms with Gasteiger partial charge in [0.2, 0.25) is 0 Å². The number of aliphatic hydroxyl groups is 2. The normalized spacial score (nSPS) is 16.3. The summed E-state index contributed by atoms with van der Waals surface area (Å²) in [6.07, 6.45) is 1.20. The van der Waals surface area contributed by atoms with Crippen LogP contribution in [0, 0.1) is 10.8 Å². The Morgan fingerprint density at radius 3 is 1.65 bits per heavy atom. The lowest BCUT2D eigenvalue weighted by molar-refractivity contribution is -0.163.